The van der Waals surface area contributed by atoms with Gasteiger partial charge in [-0.3, -0.25) is 4.79 Å². The molecule has 5 nitrogen and oxygen atoms in total. The molecule has 0 aliphatic carbocycles. The fraction of sp³-hybridized carbons (Fsp3) is 0.185. The molecule has 1 heterocycles. The summed E-state index contributed by atoms with van der Waals surface area (Å²) in [5.41, 5.74) is 4.67. The largest absolute Gasteiger partial charge is 0.496 e. The second kappa shape index (κ2) is 10.6. The third-order valence-corrected chi connectivity index (χ3v) is 6.47. The van der Waals surface area contributed by atoms with Crippen molar-refractivity contribution >= 4 is 28.5 Å². The van der Waals surface area contributed by atoms with E-state index in [1.807, 2.05) is 68.4 Å². The SMILES string of the molecule is COc1cc([C@@H]2N=C(SCc3cccc(F)c3)NC(C)=C2C(=O)Nc2ccccc2)ccc1C. The van der Waals surface area contributed by atoms with Gasteiger partial charge < -0.3 is 15.4 Å². The Morgan fingerprint density at radius 3 is 2.62 bits per heavy atom. The van der Waals surface area contributed by atoms with Gasteiger partial charge >= 0.3 is 0 Å². The average Bonchev–Trinajstić information content (AvgIpc) is 2.83. The maximum absolute atomic E-state index is 13.6. The summed E-state index contributed by atoms with van der Waals surface area (Å²) >= 11 is 1.47. The zero-order valence-corrected chi connectivity index (χ0v) is 20.1. The van der Waals surface area contributed by atoms with E-state index in [0.717, 1.165) is 28.1 Å². The van der Waals surface area contributed by atoms with Crippen LogP contribution in [0.2, 0.25) is 0 Å². The number of hydrogen-bond acceptors (Lipinski definition) is 5. The molecule has 34 heavy (non-hydrogen) atoms. The molecule has 0 saturated heterocycles. The molecular weight excluding hydrogens is 449 g/mol. The van der Waals surface area contributed by atoms with Crippen molar-refractivity contribution < 1.29 is 13.9 Å². The Balaban J connectivity index is 1.66. The lowest BCUT2D eigenvalue weighted by atomic mass is 9.94. The second-order valence-electron chi connectivity index (χ2n) is 7.97. The van der Waals surface area contributed by atoms with Crippen molar-refractivity contribution in [1.29, 1.82) is 0 Å². The first-order valence-corrected chi connectivity index (χ1v) is 11.9. The first-order chi connectivity index (χ1) is 16.4. The van der Waals surface area contributed by atoms with Crippen molar-refractivity contribution in [2.75, 3.05) is 12.4 Å². The van der Waals surface area contributed by atoms with Crippen LogP contribution in [-0.2, 0) is 10.5 Å². The van der Waals surface area contributed by atoms with Crippen LogP contribution in [-0.4, -0.2) is 18.2 Å². The average molecular weight is 476 g/mol. The molecule has 4 rings (SSSR count). The van der Waals surface area contributed by atoms with Gasteiger partial charge in [0.2, 0.25) is 0 Å². The lowest BCUT2D eigenvalue weighted by Gasteiger charge is -2.27. The van der Waals surface area contributed by atoms with Gasteiger partial charge in [-0.05, 0) is 60.9 Å². The number of rotatable bonds is 6. The van der Waals surface area contributed by atoms with Crippen LogP contribution in [0.1, 0.15) is 29.7 Å². The number of nitrogens with one attached hydrogen (secondary N) is 2. The topological polar surface area (TPSA) is 62.7 Å². The van der Waals surface area contributed by atoms with Crippen LogP contribution in [0, 0.1) is 12.7 Å². The van der Waals surface area contributed by atoms with Crippen molar-refractivity contribution in [3.05, 3.63) is 107 Å². The van der Waals surface area contributed by atoms with E-state index in [4.69, 9.17) is 9.73 Å². The highest BCUT2D eigenvalue weighted by Gasteiger charge is 2.30. The maximum atomic E-state index is 13.6. The van der Waals surface area contributed by atoms with Gasteiger partial charge in [-0.25, -0.2) is 9.38 Å². The number of thioether (sulfide) groups is 1. The third-order valence-electron chi connectivity index (χ3n) is 5.51. The summed E-state index contributed by atoms with van der Waals surface area (Å²) in [6, 6.07) is 21.2. The van der Waals surface area contributed by atoms with Gasteiger partial charge in [-0.15, -0.1) is 0 Å². The lowest BCUT2D eigenvalue weighted by molar-refractivity contribution is -0.113. The fourth-order valence-corrected chi connectivity index (χ4v) is 4.65. The van der Waals surface area contributed by atoms with Crippen molar-refractivity contribution in [2.45, 2.75) is 25.6 Å². The number of halogens is 1. The molecular formula is C27H26FN3O2S. The summed E-state index contributed by atoms with van der Waals surface area (Å²) in [6.07, 6.45) is 0. The first kappa shape index (κ1) is 23.6. The summed E-state index contributed by atoms with van der Waals surface area (Å²) in [6.45, 7) is 3.84. The van der Waals surface area contributed by atoms with Gasteiger partial charge in [-0.2, -0.15) is 0 Å². The highest BCUT2D eigenvalue weighted by atomic mass is 32.2. The minimum atomic E-state index is -0.519. The summed E-state index contributed by atoms with van der Waals surface area (Å²) < 4.78 is 19.1. The zero-order valence-electron chi connectivity index (χ0n) is 19.3. The Morgan fingerprint density at radius 2 is 1.88 bits per heavy atom. The molecule has 174 valence electrons. The van der Waals surface area contributed by atoms with E-state index in [2.05, 4.69) is 10.6 Å². The number of anilines is 1. The molecule has 0 fully saturated rings. The molecule has 1 aliphatic heterocycles. The van der Waals surface area contributed by atoms with Crippen molar-refractivity contribution in [1.82, 2.24) is 5.32 Å². The molecule has 2 N–H and O–H groups in total. The summed E-state index contributed by atoms with van der Waals surface area (Å²) in [5.74, 6) is 0.795. The number of ether oxygens (including phenoxy) is 1. The highest BCUT2D eigenvalue weighted by Crippen LogP contribution is 2.35. The second-order valence-corrected chi connectivity index (χ2v) is 8.93. The Morgan fingerprint density at radius 1 is 1.09 bits per heavy atom. The van der Waals surface area contributed by atoms with Gasteiger partial charge in [0.05, 0.1) is 12.7 Å². The number of methoxy groups -OCH3 is 1. The van der Waals surface area contributed by atoms with Gasteiger partial charge in [0.15, 0.2) is 5.17 Å². The van der Waals surface area contributed by atoms with Gasteiger partial charge in [0, 0.05) is 17.1 Å². The minimum absolute atomic E-state index is 0.223. The van der Waals surface area contributed by atoms with E-state index < -0.39 is 6.04 Å². The molecule has 3 aromatic rings. The Kier molecular flexibility index (Phi) is 7.33. The number of carbonyl (C=O) groups excluding carboxylic acids is 1. The zero-order chi connectivity index (χ0) is 24.1. The minimum Gasteiger partial charge on any atom is -0.496 e. The number of carbonyl (C=O) groups is 1. The van der Waals surface area contributed by atoms with Crippen LogP contribution >= 0.6 is 11.8 Å². The van der Waals surface area contributed by atoms with Crippen molar-refractivity contribution in [3.63, 3.8) is 0 Å². The van der Waals surface area contributed by atoms with Crippen LogP contribution < -0.4 is 15.4 Å². The maximum Gasteiger partial charge on any atom is 0.255 e. The number of nitrogens with zero attached hydrogens (tertiary/aromatic N) is 1. The van der Waals surface area contributed by atoms with E-state index in [9.17, 15) is 9.18 Å². The van der Waals surface area contributed by atoms with Crippen LogP contribution in [0.15, 0.2) is 89.1 Å². The molecule has 1 atom stereocenters. The molecule has 0 spiro atoms. The molecule has 0 radical (unpaired) electrons. The van der Waals surface area contributed by atoms with E-state index in [0.29, 0.717) is 22.2 Å². The first-order valence-electron chi connectivity index (χ1n) is 10.9. The van der Waals surface area contributed by atoms with E-state index in [1.54, 1.807) is 13.2 Å². The van der Waals surface area contributed by atoms with Gasteiger partial charge in [-0.1, -0.05) is 54.2 Å². The van der Waals surface area contributed by atoms with Crippen LogP contribution in [0.4, 0.5) is 10.1 Å². The molecule has 7 heteroatoms. The number of aliphatic imine (C=N–C) groups is 1. The number of allylic oxidation sites excluding steroid dienone is 1. The van der Waals surface area contributed by atoms with Crippen LogP contribution in [0.3, 0.4) is 0 Å². The number of amidine groups is 1. The van der Waals surface area contributed by atoms with E-state index in [1.165, 1.54) is 23.9 Å². The predicted octanol–water partition coefficient (Wildman–Crippen LogP) is 5.99. The van der Waals surface area contributed by atoms with Crippen LogP contribution in [0.5, 0.6) is 5.75 Å². The Bertz CT molecular complexity index is 1260. The molecule has 3 aromatic carbocycles. The monoisotopic (exact) mass is 475 g/mol. The molecule has 0 bridgehead atoms. The Hall–Kier alpha value is -3.58. The van der Waals surface area contributed by atoms with Crippen LogP contribution in [0.25, 0.3) is 0 Å². The summed E-state index contributed by atoms with van der Waals surface area (Å²) in [5, 5.41) is 6.91. The number of para-hydroxylation sites is 1. The predicted molar refractivity (Wildman–Crippen MR) is 137 cm³/mol. The fourth-order valence-electron chi connectivity index (χ4n) is 3.76. The van der Waals surface area contributed by atoms with Gasteiger partial charge in [0.25, 0.3) is 5.91 Å². The molecule has 0 saturated carbocycles. The highest BCUT2D eigenvalue weighted by molar-refractivity contribution is 8.13. The molecule has 1 amide bonds. The summed E-state index contributed by atoms with van der Waals surface area (Å²) in [7, 11) is 1.63. The Labute approximate surface area is 203 Å². The lowest BCUT2D eigenvalue weighted by Crippen LogP contribution is -2.32. The smallest absolute Gasteiger partial charge is 0.255 e. The molecule has 0 unspecified atom stereocenters. The number of amides is 1. The normalized spacial score (nSPS) is 15.4. The quantitative estimate of drug-likeness (QED) is 0.460. The molecule has 0 aromatic heterocycles. The third kappa shape index (κ3) is 5.48. The van der Waals surface area contributed by atoms with Crippen molar-refractivity contribution in [3.8, 4) is 5.75 Å². The number of benzene rings is 3. The molecule has 1 aliphatic rings. The van der Waals surface area contributed by atoms with E-state index in [-0.39, 0.29) is 11.7 Å². The van der Waals surface area contributed by atoms with Gasteiger partial charge in [0.1, 0.15) is 17.6 Å². The standard InChI is InChI=1S/C27H26FN3O2S/c1-17-12-13-20(15-23(17)33-3)25-24(26(32)30-22-10-5-4-6-11-22)18(2)29-27(31-25)34-16-19-8-7-9-21(28)14-19/h4-15,25H,16H2,1-3H3,(H,29,31)(H,30,32)/t25-/m0/s1. The van der Waals surface area contributed by atoms with Crippen molar-refractivity contribution in [2.24, 2.45) is 4.99 Å². The number of hydrogen-bond donors (Lipinski definition) is 2. The summed E-state index contributed by atoms with van der Waals surface area (Å²) in [4.78, 5) is 18.2. The number of aryl methyl sites for hydroxylation is 1. The van der Waals surface area contributed by atoms with E-state index >= 15 is 0 Å².